The van der Waals surface area contributed by atoms with Gasteiger partial charge in [0, 0.05) is 24.8 Å². The maximum absolute atomic E-state index is 13.9. The summed E-state index contributed by atoms with van der Waals surface area (Å²) in [5.74, 6) is -3.07. The van der Waals surface area contributed by atoms with Crippen LogP contribution in [0.4, 0.5) is 8.78 Å². The standard InChI is InChI=1S/C26H22ClF2N3O6/c1-14(33)31-20-10-15(4-7-19(20)32(25(31)36)24(35)26(2,3)37)12-30-9-8-21(22(27)23(30)34)38-13-16-5-6-17(28)11-18(16)29/h4-11,37H,12-13H2,1-3H3. The molecule has 0 atom stereocenters. The Hall–Kier alpha value is -4.09. The topological polar surface area (TPSA) is 113 Å². The Balaban J connectivity index is 1.66. The van der Waals surface area contributed by atoms with E-state index in [0.717, 1.165) is 28.2 Å². The van der Waals surface area contributed by atoms with Crippen LogP contribution in [-0.2, 0) is 13.2 Å². The van der Waals surface area contributed by atoms with E-state index < -0.39 is 40.3 Å². The van der Waals surface area contributed by atoms with Crippen molar-refractivity contribution in [1.82, 2.24) is 13.7 Å². The Bertz CT molecular complexity index is 1720. The monoisotopic (exact) mass is 545 g/mol. The van der Waals surface area contributed by atoms with Crippen LogP contribution in [0, 0.1) is 11.6 Å². The Morgan fingerprint density at radius 1 is 1.03 bits per heavy atom. The number of benzene rings is 2. The summed E-state index contributed by atoms with van der Waals surface area (Å²) in [5.41, 5.74) is -2.60. The van der Waals surface area contributed by atoms with Crippen molar-refractivity contribution in [3.05, 3.63) is 97.3 Å². The van der Waals surface area contributed by atoms with E-state index in [4.69, 9.17) is 16.3 Å². The fourth-order valence-corrected chi connectivity index (χ4v) is 4.10. The van der Waals surface area contributed by atoms with Crippen LogP contribution in [-0.4, -0.2) is 36.2 Å². The van der Waals surface area contributed by atoms with Crippen LogP contribution < -0.4 is 16.0 Å². The van der Waals surface area contributed by atoms with Crippen LogP contribution in [0.25, 0.3) is 11.0 Å². The number of carbonyl (C=O) groups is 2. The molecule has 4 rings (SSSR count). The number of aromatic nitrogens is 3. The van der Waals surface area contributed by atoms with E-state index in [0.29, 0.717) is 5.56 Å². The molecule has 0 saturated heterocycles. The van der Waals surface area contributed by atoms with Gasteiger partial charge in [0.25, 0.3) is 11.5 Å². The molecule has 9 nitrogen and oxygen atoms in total. The fraction of sp³-hybridized carbons (Fsp3) is 0.231. The largest absolute Gasteiger partial charge is 0.487 e. The maximum atomic E-state index is 13.9. The van der Waals surface area contributed by atoms with E-state index in [1.165, 1.54) is 48.9 Å². The van der Waals surface area contributed by atoms with Gasteiger partial charge in [-0.2, -0.15) is 0 Å². The molecule has 1 N–H and O–H groups in total. The summed E-state index contributed by atoms with van der Waals surface area (Å²) < 4.78 is 35.2. The lowest BCUT2D eigenvalue weighted by Gasteiger charge is -2.15. The molecule has 12 heteroatoms. The zero-order valence-corrected chi connectivity index (χ0v) is 21.3. The van der Waals surface area contributed by atoms with Crippen molar-refractivity contribution in [2.24, 2.45) is 0 Å². The van der Waals surface area contributed by atoms with Gasteiger partial charge < -0.3 is 14.4 Å². The van der Waals surface area contributed by atoms with E-state index in [1.807, 2.05) is 0 Å². The van der Waals surface area contributed by atoms with Crippen molar-refractivity contribution in [2.75, 3.05) is 0 Å². The summed E-state index contributed by atoms with van der Waals surface area (Å²) in [6.07, 6.45) is 1.40. The summed E-state index contributed by atoms with van der Waals surface area (Å²) in [6, 6.07) is 8.91. The number of aliphatic hydroxyl groups is 1. The van der Waals surface area contributed by atoms with Crippen LogP contribution in [0.15, 0.2) is 58.3 Å². The molecule has 0 saturated carbocycles. The van der Waals surface area contributed by atoms with Crippen molar-refractivity contribution in [2.45, 2.75) is 39.5 Å². The van der Waals surface area contributed by atoms with E-state index in [2.05, 4.69) is 0 Å². The molecule has 0 aliphatic heterocycles. The second-order valence-electron chi connectivity index (χ2n) is 9.11. The molecule has 38 heavy (non-hydrogen) atoms. The predicted molar refractivity (Wildman–Crippen MR) is 135 cm³/mol. The summed E-state index contributed by atoms with van der Waals surface area (Å²) >= 11 is 6.19. The van der Waals surface area contributed by atoms with Gasteiger partial charge in [0.15, 0.2) is 0 Å². The number of pyridine rings is 1. The number of hydrogen-bond donors (Lipinski definition) is 1. The zero-order chi connectivity index (χ0) is 27.9. The van der Waals surface area contributed by atoms with Crippen molar-refractivity contribution < 1.29 is 28.2 Å². The smallest absolute Gasteiger partial charge is 0.342 e. The molecule has 0 aliphatic rings. The lowest BCUT2D eigenvalue weighted by molar-refractivity contribution is 0.0392. The van der Waals surface area contributed by atoms with Crippen LogP contribution >= 0.6 is 11.6 Å². The van der Waals surface area contributed by atoms with Crippen LogP contribution in [0.5, 0.6) is 5.75 Å². The van der Waals surface area contributed by atoms with Gasteiger partial charge in [0.1, 0.15) is 34.6 Å². The fourth-order valence-electron chi connectivity index (χ4n) is 3.87. The molecule has 0 amide bonds. The Morgan fingerprint density at radius 3 is 2.37 bits per heavy atom. The Morgan fingerprint density at radius 2 is 1.74 bits per heavy atom. The zero-order valence-electron chi connectivity index (χ0n) is 20.5. The highest BCUT2D eigenvalue weighted by atomic mass is 35.5. The van der Waals surface area contributed by atoms with E-state index in [9.17, 15) is 33.1 Å². The van der Waals surface area contributed by atoms with Crippen molar-refractivity contribution in [1.29, 1.82) is 0 Å². The third kappa shape index (κ3) is 5.02. The van der Waals surface area contributed by atoms with Gasteiger partial charge in [-0.3, -0.25) is 14.4 Å². The SMILES string of the molecule is CC(=O)n1c(=O)n(C(=O)C(C)(C)O)c2ccc(Cn3ccc(OCc4ccc(F)cc4F)c(Cl)c3=O)cc21. The van der Waals surface area contributed by atoms with Gasteiger partial charge in [0.05, 0.1) is 17.6 Å². The number of rotatable bonds is 6. The first-order chi connectivity index (χ1) is 17.8. The Labute approximate surface area is 219 Å². The van der Waals surface area contributed by atoms with Gasteiger partial charge in [-0.05, 0) is 49.7 Å². The molecular weight excluding hydrogens is 524 g/mol. The molecular formula is C26H22ClF2N3O6. The highest BCUT2D eigenvalue weighted by Gasteiger charge is 2.31. The third-order valence-corrected chi connectivity index (χ3v) is 6.12. The average molecular weight is 546 g/mol. The van der Waals surface area contributed by atoms with Gasteiger partial charge >= 0.3 is 5.69 Å². The van der Waals surface area contributed by atoms with Crippen LogP contribution in [0.2, 0.25) is 5.02 Å². The molecule has 2 aromatic heterocycles. The van der Waals surface area contributed by atoms with Crippen LogP contribution in [0.1, 0.15) is 41.5 Å². The summed E-state index contributed by atoms with van der Waals surface area (Å²) in [4.78, 5) is 50.6. The Kier molecular flexibility index (Phi) is 7.09. The minimum atomic E-state index is -1.87. The highest BCUT2D eigenvalue weighted by molar-refractivity contribution is 6.31. The second-order valence-corrected chi connectivity index (χ2v) is 9.49. The van der Waals surface area contributed by atoms with Crippen molar-refractivity contribution in [3.8, 4) is 5.75 Å². The maximum Gasteiger partial charge on any atom is 0.342 e. The summed E-state index contributed by atoms with van der Waals surface area (Å²) in [6.45, 7) is 3.32. The van der Waals surface area contributed by atoms with Gasteiger partial charge in [-0.1, -0.05) is 17.7 Å². The molecule has 0 bridgehead atoms. The van der Waals surface area contributed by atoms with Crippen molar-refractivity contribution >= 4 is 34.4 Å². The van der Waals surface area contributed by atoms with Gasteiger partial charge in [-0.25, -0.2) is 22.7 Å². The highest BCUT2D eigenvalue weighted by Crippen LogP contribution is 2.23. The average Bonchev–Trinajstić information content (AvgIpc) is 3.12. The van der Waals surface area contributed by atoms with E-state index in [1.54, 1.807) is 6.07 Å². The van der Waals surface area contributed by atoms with E-state index in [-0.39, 0.29) is 40.5 Å². The van der Waals surface area contributed by atoms with Crippen molar-refractivity contribution in [3.63, 3.8) is 0 Å². The normalized spacial score (nSPS) is 11.7. The first-order valence-corrected chi connectivity index (χ1v) is 11.7. The summed E-state index contributed by atoms with van der Waals surface area (Å²) in [7, 11) is 0. The number of hydrogen-bond acceptors (Lipinski definition) is 6. The second kappa shape index (κ2) is 9.99. The first kappa shape index (κ1) is 27.0. The molecule has 2 heterocycles. The number of halogens is 3. The summed E-state index contributed by atoms with van der Waals surface area (Å²) in [5, 5.41) is 9.86. The molecule has 2 aromatic carbocycles. The number of imidazole rings is 1. The number of ether oxygens (including phenoxy) is 1. The number of nitrogens with zero attached hydrogens (tertiary/aromatic N) is 3. The first-order valence-electron chi connectivity index (χ1n) is 11.3. The molecule has 198 valence electrons. The number of carbonyl (C=O) groups excluding carboxylic acids is 2. The van der Waals surface area contributed by atoms with Gasteiger partial charge in [-0.15, -0.1) is 0 Å². The minimum Gasteiger partial charge on any atom is -0.487 e. The minimum absolute atomic E-state index is 0.000260. The number of fused-ring (bicyclic) bond motifs is 1. The van der Waals surface area contributed by atoms with Crippen LogP contribution in [0.3, 0.4) is 0 Å². The third-order valence-electron chi connectivity index (χ3n) is 5.77. The molecule has 0 aliphatic carbocycles. The molecule has 0 unspecified atom stereocenters. The van der Waals surface area contributed by atoms with Gasteiger partial charge in [0.2, 0.25) is 5.91 Å². The van der Waals surface area contributed by atoms with E-state index >= 15 is 0 Å². The molecule has 0 radical (unpaired) electrons. The predicted octanol–water partition coefficient (Wildman–Crippen LogP) is 3.59. The quantitative estimate of drug-likeness (QED) is 0.396. The molecule has 0 spiro atoms. The molecule has 4 aromatic rings. The lowest BCUT2D eigenvalue weighted by Crippen LogP contribution is -2.42. The molecule has 0 fully saturated rings. The lowest BCUT2D eigenvalue weighted by atomic mass is 10.1.